The number of aliphatic carboxylic acids is 1. The first kappa shape index (κ1) is 28.4. The fourth-order valence-electron chi connectivity index (χ4n) is 3.70. The average Bonchev–Trinajstić information content (AvgIpc) is 3.71. The van der Waals surface area contributed by atoms with Crippen LogP contribution in [0.5, 0.6) is 0 Å². The first-order valence-electron chi connectivity index (χ1n) is 11.4. The van der Waals surface area contributed by atoms with Crippen molar-refractivity contribution in [2.45, 2.75) is 16.6 Å². The van der Waals surface area contributed by atoms with Gasteiger partial charge in [-0.05, 0) is 16.0 Å². The molecule has 0 saturated carbocycles. The molecule has 0 radical (unpaired) electrons. The Morgan fingerprint density at radius 3 is 2.83 bits per heavy atom. The number of hydrogen-bond donors (Lipinski definition) is 4. The van der Waals surface area contributed by atoms with E-state index in [1.807, 2.05) is 0 Å². The molecule has 21 heteroatoms. The maximum Gasteiger partial charge on any atom is 0.352 e. The molecule has 2 aliphatic rings. The molecule has 0 aliphatic carbocycles. The fourth-order valence-corrected chi connectivity index (χ4v) is 7.12. The molecule has 3 aromatic rings. The van der Waals surface area contributed by atoms with Gasteiger partial charge in [0, 0.05) is 35.5 Å². The molecule has 1 saturated heterocycles. The van der Waals surface area contributed by atoms with Gasteiger partial charge in [0.1, 0.15) is 22.8 Å². The number of fused-ring (bicyclic) bond motifs is 1. The molecular weight excluding hydrogens is 619 g/mol. The third-order valence-electron chi connectivity index (χ3n) is 5.50. The van der Waals surface area contributed by atoms with Gasteiger partial charge < -0.3 is 21.0 Å². The van der Waals surface area contributed by atoms with Gasteiger partial charge in [-0.1, -0.05) is 16.9 Å². The van der Waals surface area contributed by atoms with Crippen molar-refractivity contribution in [3.63, 3.8) is 0 Å². The first-order chi connectivity index (χ1) is 19.7. The van der Waals surface area contributed by atoms with Crippen LogP contribution in [-0.4, -0.2) is 99.1 Å². The number of carbonyl (C=O) groups excluding carboxylic acids is 3. The summed E-state index contributed by atoms with van der Waals surface area (Å²) in [6, 6.07) is -1.03. The summed E-state index contributed by atoms with van der Waals surface area (Å²) in [5.41, 5.74) is 5.86. The molecular formula is C20H19N11O6S4. The van der Waals surface area contributed by atoms with Crippen molar-refractivity contribution in [3.05, 3.63) is 33.9 Å². The first-order valence-corrected chi connectivity index (χ1v) is 15.2. The monoisotopic (exact) mass is 637 g/mol. The van der Waals surface area contributed by atoms with Crippen molar-refractivity contribution >= 4 is 85.9 Å². The molecule has 214 valence electrons. The Labute approximate surface area is 246 Å². The van der Waals surface area contributed by atoms with E-state index >= 15 is 0 Å². The summed E-state index contributed by atoms with van der Waals surface area (Å²) >= 11 is 4.82. The van der Waals surface area contributed by atoms with Crippen LogP contribution in [0.4, 0.5) is 10.3 Å². The minimum atomic E-state index is -1.26. The Balaban J connectivity index is 1.27. The maximum atomic E-state index is 13.2. The van der Waals surface area contributed by atoms with Gasteiger partial charge in [0.15, 0.2) is 22.6 Å². The highest BCUT2D eigenvalue weighted by Gasteiger charge is 2.54. The summed E-state index contributed by atoms with van der Waals surface area (Å²) in [6.07, 6.45) is 1.52. The molecule has 3 aromatic heterocycles. The Morgan fingerprint density at radius 2 is 2.17 bits per heavy atom. The summed E-state index contributed by atoms with van der Waals surface area (Å²) in [6.45, 7) is -0.525. The van der Waals surface area contributed by atoms with E-state index in [0.29, 0.717) is 21.6 Å². The van der Waals surface area contributed by atoms with Crippen molar-refractivity contribution in [2.24, 2.45) is 12.2 Å². The van der Waals surface area contributed by atoms with Gasteiger partial charge in [0.25, 0.3) is 17.7 Å². The Bertz CT molecular complexity index is 1550. The van der Waals surface area contributed by atoms with Gasteiger partial charge in [-0.3, -0.25) is 24.6 Å². The topological polar surface area (TPSA) is 233 Å². The number of carbonyl (C=O) groups is 4. The largest absolute Gasteiger partial charge is 0.477 e. The number of aryl methyl sites for hydroxylation is 1. The van der Waals surface area contributed by atoms with Crippen LogP contribution < -0.4 is 16.4 Å². The number of oxime groups is 1. The van der Waals surface area contributed by atoms with E-state index in [1.54, 1.807) is 12.4 Å². The van der Waals surface area contributed by atoms with E-state index in [9.17, 15) is 24.3 Å². The Morgan fingerprint density at radius 1 is 1.34 bits per heavy atom. The summed E-state index contributed by atoms with van der Waals surface area (Å²) in [7, 11) is 1.66. The number of nitrogens with two attached hydrogens (primary N) is 1. The zero-order valence-corrected chi connectivity index (χ0v) is 24.1. The van der Waals surface area contributed by atoms with Crippen LogP contribution in [0.25, 0.3) is 0 Å². The van der Waals surface area contributed by atoms with Crippen molar-refractivity contribution in [1.82, 2.24) is 40.4 Å². The zero-order chi connectivity index (χ0) is 29.1. The number of amides is 3. The zero-order valence-electron chi connectivity index (χ0n) is 20.8. The van der Waals surface area contributed by atoms with Crippen LogP contribution in [0.1, 0.15) is 5.69 Å². The van der Waals surface area contributed by atoms with E-state index < -0.39 is 41.7 Å². The molecule has 5 N–H and O–H groups in total. The number of carboxylic acid groups (broad SMARTS) is 1. The lowest BCUT2D eigenvalue weighted by atomic mass is 10.0. The van der Waals surface area contributed by atoms with Crippen molar-refractivity contribution in [3.8, 4) is 0 Å². The number of aromatic nitrogens is 6. The number of thiazole rings is 2. The highest BCUT2D eigenvalue weighted by atomic mass is 32.2. The quantitative estimate of drug-likeness (QED) is 0.0906. The van der Waals surface area contributed by atoms with Gasteiger partial charge in [0.2, 0.25) is 5.16 Å². The number of nitrogens with one attached hydrogen (secondary N) is 2. The number of tetrazole rings is 1. The second kappa shape index (κ2) is 12.2. The minimum Gasteiger partial charge on any atom is -0.477 e. The summed E-state index contributed by atoms with van der Waals surface area (Å²) in [5, 5.41) is 33.5. The molecule has 5 rings (SSSR count). The number of carboxylic acids is 1. The van der Waals surface area contributed by atoms with Crippen LogP contribution in [0.2, 0.25) is 0 Å². The van der Waals surface area contributed by atoms with Crippen LogP contribution in [0.15, 0.2) is 38.5 Å². The molecule has 1 unspecified atom stereocenters. The van der Waals surface area contributed by atoms with Gasteiger partial charge >= 0.3 is 5.97 Å². The SMILES string of the molecule is Cn1nnnc1SCC1=C(C(=O)O)N2C(=O)C(NC(=O)C(=NOCC(=O)Nc3nccs3)c3csc(N)n3)[C@@H]2SC1. The predicted octanol–water partition coefficient (Wildman–Crippen LogP) is -0.404. The van der Waals surface area contributed by atoms with Gasteiger partial charge in [-0.2, -0.15) is 0 Å². The normalized spacial score (nSPS) is 18.5. The van der Waals surface area contributed by atoms with Crippen LogP contribution in [-0.2, 0) is 31.1 Å². The lowest BCUT2D eigenvalue weighted by Gasteiger charge is -2.49. The molecule has 0 bridgehead atoms. The van der Waals surface area contributed by atoms with Crippen LogP contribution in [0, 0.1) is 0 Å². The second-order valence-corrected chi connectivity index (χ2v) is 12.0. The standard InChI is InChI=1S/C20H19N11O6S4/c1-30-20(26-28-29-30)41-6-8-5-39-16-12(15(34)31(16)13(8)17(35)36)25-14(33)11(9-7-40-18(21)23-9)27-37-4-10(32)24-19-22-2-3-38-19/h2-3,7,12,16H,4-6H2,1H3,(H2,21,23)(H,25,33)(H,35,36)(H,22,24,32)/t12?,16-/m0/s1. The molecule has 0 spiro atoms. The molecule has 2 atom stereocenters. The van der Waals surface area contributed by atoms with E-state index in [2.05, 4.69) is 41.3 Å². The molecule has 2 aliphatic heterocycles. The number of anilines is 2. The lowest BCUT2D eigenvalue weighted by Crippen LogP contribution is -2.71. The van der Waals surface area contributed by atoms with Gasteiger partial charge in [-0.25, -0.2) is 19.4 Å². The minimum absolute atomic E-state index is 0.0777. The Kier molecular flexibility index (Phi) is 8.46. The smallest absolute Gasteiger partial charge is 0.352 e. The highest BCUT2D eigenvalue weighted by molar-refractivity contribution is 8.01. The number of hydrogen-bond acceptors (Lipinski definition) is 16. The number of rotatable bonds is 11. The summed E-state index contributed by atoms with van der Waals surface area (Å²) < 4.78 is 1.46. The molecule has 5 heterocycles. The summed E-state index contributed by atoms with van der Waals surface area (Å²) in [4.78, 5) is 64.8. The van der Waals surface area contributed by atoms with Crippen molar-refractivity contribution in [2.75, 3.05) is 29.2 Å². The predicted molar refractivity (Wildman–Crippen MR) is 149 cm³/mol. The second-order valence-electron chi connectivity index (χ2n) is 8.16. The molecule has 17 nitrogen and oxygen atoms in total. The van der Waals surface area contributed by atoms with E-state index in [1.165, 1.54) is 51.1 Å². The van der Waals surface area contributed by atoms with E-state index in [0.717, 1.165) is 16.2 Å². The number of nitrogen functional groups attached to an aromatic ring is 1. The van der Waals surface area contributed by atoms with Gasteiger partial charge in [-0.15, -0.1) is 39.5 Å². The van der Waals surface area contributed by atoms with Crippen LogP contribution >= 0.6 is 46.2 Å². The summed E-state index contributed by atoms with van der Waals surface area (Å²) in [5.74, 6) is -2.66. The Hall–Kier alpha value is -4.08. The molecule has 3 amide bonds. The third-order valence-corrected chi connectivity index (χ3v) is 9.30. The van der Waals surface area contributed by atoms with E-state index in [4.69, 9.17) is 10.6 Å². The molecule has 41 heavy (non-hydrogen) atoms. The third kappa shape index (κ3) is 6.16. The maximum absolute atomic E-state index is 13.2. The average molecular weight is 638 g/mol. The number of β-lactam (4-membered cyclic amide) rings is 1. The number of thioether (sulfide) groups is 2. The molecule has 0 aromatic carbocycles. The van der Waals surface area contributed by atoms with Crippen LogP contribution in [0.3, 0.4) is 0 Å². The van der Waals surface area contributed by atoms with Crippen molar-refractivity contribution < 1.29 is 29.1 Å². The molecule has 1 fully saturated rings. The highest BCUT2D eigenvalue weighted by Crippen LogP contribution is 2.41. The van der Waals surface area contributed by atoms with Gasteiger partial charge in [0.05, 0.1) is 0 Å². The lowest BCUT2D eigenvalue weighted by molar-refractivity contribution is -0.150. The fraction of sp³-hybridized carbons (Fsp3) is 0.300. The number of nitrogens with zero attached hydrogens (tertiary/aromatic N) is 8. The van der Waals surface area contributed by atoms with E-state index in [-0.39, 0.29) is 28.0 Å². The van der Waals surface area contributed by atoms with Crippen molar-refractivity contribution in [1.29, 1.82) is 0 Å².